The number of halogens is 1. The fraction of sp³-hybridized carbons (Fsp3) is 0.308. The second kappa shape index (κ2) is 6.73. The van der Waals surface area contributed by atoms with Gasteiger partial charge in [0.25, 0.3) is 5.91 Å². The van der Waals surface area contributed by atoms with E-state index in [1.54, 1.807) is 27.3 Å². The van der Waals surface area contributed by atoms with Crippen LogP contribution in [0.15, 0.2) is 18.2 Å². The molecule has 0 aliphatic carbocycles. The molecule has 0 aliphatic heterocycles. The number of carbonyl (C=O) groups excluding carboxylic acids is 1. The summed E-state index contributed by atoms with van der Waals surface area (Å²) in [7, 11) is 4.83. The first-order valence-corrected chi connectivity index (χ1v) is 7.20. The summed E-state index contributed by atoms with van der Waals surface area (Å²) in [5.74, 6) is 1.04. The van der Waals surface area contributed by atoms with Crippen LogP contribution in [0.2, 0.25) is 4.47 Å². The number of amides is 1. The van der Waals surface area contributed by atoms with Crippen LogP contribution in [0.3, 0.4) is 0 Å². The Morgan fingerprint density at radius 3 is 2.57 bits per heavy atom. The molecule has 1 heterocycles. The Labute approximate surface area is 131 Å². The highest BCUT2D eigenvalue weighted by atomic mass is 35.5. The van der Waals surface area contributed by atoms with Crippen molar-refractivity contribution in [2.24, 2.45) is 0 Å². The summed E-state index contributed by atoms with van der Waals surface area (Å²) in [6.07, 6.45) is 0. The van der Waals surface area contributed by atoms with Gasteiger partial charge in [-0.25, -0.2) is 0 Å². The second-order valence-corrected chi connectivity index (χ2v) is 5.77. The largest absolute Gasteiger partial charge is 0.493 e. The van der Waals surface area contributed by atoms with Crippen LogP contribution in [0.25, 0.3) is 0 Å². The third kappa shape index (κ3) is 3.62. The van der Waals surface area contributed by atoms with Gasteiger partial charge in [-0.05, 0) is 29.3 Å². The van der Waals surface area contributed by atoms with Gasteiger partial charge in [-0.2, -0.15) is 0 Å². The lowest BCUT2D eigenvalue weighted by Crippen LogP contribution is -2.26. The van der Waals surface area contributed by atoms with Crippen molar-refractivity contribution in [3.63, 3.8) is 0 Å². The second-order valence-electron chi connectivity index (χ2n) is 4.21. The Kier molecular flexibility index (Phi) is 4.98. The van der Waals surface area contributed by atoms with E-state index >= 15 is 0 Å². The van der Waals surface area contributed by atoms with Crippen LogP contribution in [0.1, 0.15) is 15.4 Å². The molecule has 0 saturated carbocycles. The van der Waals surface area contributed by atoms with Gasteiger partial charge in [0.05, 0.1) is 14.2 Å². The van der Waals surface area contributed by atoms with E-state index in [-0.39, 0.29) is 15.4 Å². The topological polar surface area (TPSA) is 64.5 Å². The molecule has 1 aromatic heterocycles. The van der Waals surface area contributed by atoms with Crippen molar-refractivity contribution in [2.45, 2.75) is 6.54 Å². The van der Waals surface area contributed by atoms with E-state index in [1.165, 1.54) is 4.90 Å². The zero-order chi connectivity index (χ0) is 15.4. The molecule has 0 saturated heterocycles. The molecular formula is C13H14ClN3O3S. The lowest BCUT2D eigenvalue weighted by Gasteiger charge is -2.16. The van der Waals surface area contributed by atoms with Crippen molar-refractivity contribution in [3.8, 4) is 11.5 Å². The Hall–Kier alpha value is -1.86. The number of nitrogens with zero attached hydrogens (tertiary/aromatic N) is 3. The summed E-state index contributed by atoms with van der Waals surface area (Å²) >= 11 is 6.74. The third-order valence-corrected chi connectivity index (χ3v) is 3.80. The maximum atomic E-state index is 12.2. The van der Waals surface area contributed by atoms with Crippen LogP contribution >= 0.6 is 22.9 Å². The molecule has 1 aromatic carbocycles. The predicted molar refractivity (Wildman–Crippen MR) is 80.3 cm³/mol. The summed E-state index contributed by atoms with van der Waals surface area (Å²) < 4.78 is 10.7. The van der Waals surface area contributed by atoms with E-state index in [9.17, 15) is 4.79 Å². The minimum atomic E-state index is -0.228. The van der Waals surface area contributed by atoms with Crippen LogP contribution in [0.5, 0.6) is 11.5 Å². The standard InChI is InChI=1S/C13H14ClN3O3S/c1-17(12(18)11-15-16-13(14)21-11)7-8-4-5-9(19-2)10(6-8)20-3/h4-6H,7H2,1-3H3. The average Bonchev–Trinajstić information content (AvgIpc) is 2.92. The van der Waals surface area contributed by atoms with Crippen LogP contribution in [0.4, 0.5) is 0 Å². The number of carbonyl (C=O) groups is 1. The number of rotatable bonds is 5. The molecule has 0 atom stereocenters. The molecule has 0 N–H and O–H groups in total. The van der Waals surface area contributed by atoms with Gasteiger partial charge in [-0.3, -0.25) is 4.79 Å². The molecule has 6 nitrogen and oxygen atoms in total. The number of benzene rings is 1. The van der Waals surface area contributed by atoms with Crippen LogP contribution in [-0.4, -0.2) is 42.3 Å². The van der Waals surface area contributed by atoms with Gasteiger partial charge in [-0.15, -0.1) is 10.2 Å². The number of methoxy groups -OCH3 is 2. The molecule has 0 fully saturated rings. The molecule has 2 rings (SSSR count). The number of ether oxygens (including phenoxy) is 2. The molecule has 0 spiro atoms. The van der Waals surface area contributed by atoms with Crippen molar-refractivity contribution < 1.29 is 14.3 Å². The van der Waals surface area contributed by atoms with Gasteiger partial charge >= 0.3 is 0 Å². The highest BCUT2D eigenvalue weighted by Gasteiger charge is 2.17. The van der Waals surface area contributed by atoms with E-state index in [0.29, 0.717) is 18.0 Å². The highest BCUT2D eigenvalue weighted by molar-refractivity contribution is 7.17. The molecule has 1 amide bonds. The SMILES string of the molecule is COc1ccc(CN(C)C(=O)c2nnc(Cl)s2)cc1OC. The van der Waals surface area contributed by atoms with Crippen molar-refractivity contribution in [1.82, 2.24) is 15.1 Å². The van der Waals surface area contributed by atoms with Crippen molar-refractivity contribution >= 4 is 28.8 Å². The monoisotopic (exact) mass is 327 g/mol. The summed E-state index contributed by atoms with van der Waals surface area (Å²) in [6, 6.07) is 5.50. The molecule has 0 radical (unpaired) electrons. The highest BCUT2D eigenvalue weighted by Crippen LogP contribution is 2.28. The molecule has 0 bridgehead atoms. The van der Waals surface area contributed by atoms with Gasteiger partial charge < -0.3 is 14.4 Å². The Balaban J connectivity index is 2.12. The lowest BCUT2D eigenvalue weighted by atomic mass is 10.2. The van der Waals surface area contributed by atoms with Gasteiger partial charge in [0.15, 0.2) is 11.5 Å². The van der Waals surface area contributed by atoms with Crippen LogP contribution < -0.4 is 9.47 Å². The molecule has 21 heavy (non-hydrogen) atoms. The maximum absolute atomic E-state index is 12.2. The molecule has 0 unspecified atom stereocenters. The van der Waals surface area contributed by atoms with E-state index in [1.807, 2.05) is 12.1 Å². The molecule has 2 aromatic rings. The molecule has 0 aliphatic rings. The normalized spacial score (nSPS) is 10.3. The minimum absolute atomic E-state index is 0.228. The van der Waals surface area contributed by atoms with E-state index in [0.717, 1.165) is 16.9 Å². The molecule has 8 heteroatoms. The molecule has 112 valence electrons. The van der Waals surface area contributed by atoms with E-state index in [2.05, 4.69) is 10.2 Å². The van der Waals surface area contributed by atoms with E-state index < -0.39 is 0 Å². The maximum Gasteiger partial charge on any atom is 0.284 e. The first-order chi connectivity index (χ1) is 10.0. The first kappa shape index (κ1) is 15.5. The fourth-order valence-electron chi connectivity index (χ4n) is 1.78. The van der Waals surface area contributed by atoms with E-state index in [4.69, 9.17) is 21.1 Å². The zero-order valence-electron chi connectivity index (χ0n) is 11.8. The number of aromatic nitrogens is 2. The summed E-state index contributed by atoms with van der Waals surface area (Å²) in [5, 5.41) is 7.63. The quantitative estimate of drug-likeness (QED) is 0.844. The van der Waals surface area contributed by atoms with Gasteiger partial charge in [0.2, 0.25) is 9.47 Å². The smallest absolute Gasteiger partial charge is 0.284 e. The molecular weight excluding hydrogens is 314 g/mol. The van der Waals surface area contributed by atoms with Gasteiger partial charge in [-0.1, -0.05) is 17.4 Å². The van der Waals surface area contributed by atoms with Crippen molar-refractivity contribution in [2.75, 3.05) is 21.3 Å². The average molecular weight is 328 g/mol. The van der Waals surface area contributed by atoms with Crippen LogP contribution in [0, 0.1) is 0 Å². The lowest BCUT2D eigenvalue weighted by molar-refractivity contribution is 0.0783. The zero-order valence-corrected chi connectivity index (χ0v) is 13.4. The third-order valence-electron chi connectivity index (χ3n) is 2.80. The first-order valence-electron chi connectivity index (χ1n) is 6.00. The Morgan fingerprint density at radius 2 is 2.00 bits per heavy atom. The summed E-state index contributed by atoms with van der Waals surface area (Å²) in [5.41, 5.74) is 0.916. The predicted octanol–water partition coefficient (Wildman–Crippen LogP) is 2.48. The van der Waals surface area contributed by atoms with Gasteiger partial charge in [0.1, 0.15) is 0 Å². The number of hydrogen-bond acceptors (Lipinski definition) is 6. The van der Waals surface area contributed by atoms with Crippen LogP contribution in [-0.2, 0) is 6.54 Å². The van der Waals surface area contributed by atoms with Crippen molar-refractivity contribution in [3.05, 3.63) is 33.2 Å². The van der Waals surface area contributed by atoms with Gasteiger partial charge in [0, 0.05) is 13.6 Å². The number of hydrogen-bond donors (Lipinski definition) is 0. The fourth-order valence-corrected chi connectivity index (χ4v) is 2.60. The minimum Gasteiger partial charge on any atom is -0.493 e. The Bertz CT molecular complexity index is 647. The summed E-state index contributed by atoms with van der Waals surface area (Å²) in [4.78, 5) is 13.7. The Morgan fingerprint density at radius 1 is 1.29 bits per heavy atom. The summed E-state index contributed by atoms with van der Waals surface area (Å²) in [6.45, 7) is 0.413. The van der Waals surface area contributed by atoms with Crippen molar-refractivity contribution in [1.29, 1.82) is 0 Å².